The van der Waals surface area contributed by atoms with Gasteiger partial charge in [-0.15, -0.1) is 0 Å². The molecule has 0 aromatic carbocycles. The van der Waals surface area contributed by atoms with Crippen LogP contribution >= 0.6 is 0 Å². The number of hydrogen-bond donors (Lipinski definition) is 1. The Morgan fingerprint density at radius 2 is 1.72 bits per heavy atom. The summed E-state index contributed by atoms with van der Waals surface area (Å²) in [5, 5.41) is 3.20. The Morgan fingerprint density at radius 1 is 0.880 bits per heavy atom. The monoisotopic (exact) mass is 333 g/mol. The van der Waals surface area contributed by atoms with Crippen LogP contribution < -0.4 is 10.2 Å². The summed E-state index contributed by atoms with van der Waals surface area (Å²) in [4.78, 5) is 24.0. The Kier molecular flexibility index (Phi) is 4.45. The molecule has 0 aliphatic carbocycles. The molecule has 1 saturated heterocycles. The second-order valence-electron chi connectivity index (χ2n) is 5.97. The minimum Gasteiger partial charge on any atom is -0.341 e. The topological polar surface area (TPSA) is 79.7 Å². The molecule has 1 aliphatic rings. The summed E-state index contributed by atoms with van der Waals surface area (Å²) in [5.41, 5.74) is 1.11. The third-order valence-corrected chi connectivity index (χ3v) is 4.34. The van der Waals surface area contributed by atoms with Gasteiger partial charge in [-0.25, -0.2) is 19.9 Å². The molecule has 25 heavy (non-hydrogen) atoms. The van der Waals surface area contributed by atoms with Crippen LogP contribution in [0.5, 0.6) is 0 Å². The van der Waals surface area contributed by atoms with E-state index in [9.17, 15) is 0 Å². The summed E-state index contributed by atoms with van der Waals surface area (Å²) < 4.78 is 0. The van der Waals surface area contributed by atoms with E-state index >= 15 is 0 Å². The van der Waals surface area contributed by atoms with Crippen molar-refractivity contribution in [3.05, 3.63) is 60.9 Å². The molecule has 1 aliphatic heterocycles. The number of piperidine rings is 1. The molecule has 0 spiro atoms. The average Bonchev–Trinajstić information content (AvgIpc) is 2.70. The largest absolute Gasteiger partial charge is 0.341 e. The van der Waals surface area contributed by atoms with Crippen molar-refractivity contribution in [3.63, 3.8) is 0 Å². The molecule has 0 unspecified atom stereocenters. The lowest BCUT2D eigenvalue weighted by atomic mass is 9.93. The van der Waals surface area contributed by atoms with Gasteiger partial charge in [0.2, 0.25) is 5.95 Å². The third-order valence-electron chi connectivity index (χ3n) is 4.34. The van der Waals surface area contributed by atoms with E-state index in [2.05, 4.69) is 36.2 Å². The number of aromatic nitrogens is 5. The summed E-state index contributed by atoms with van der Waals surface area (Å²) >= 11 is 0. The second-order valence-corrected chi connectivity index (χ2v) is 5.97. The van der Waals surface area contributed by atoms with Crippen LogP contribution in [0.2, 0.25) is 0 Å². The van der Waals surface area contributed by atoms with Gasteiger partial charge >= 0.3 is 0 Å². The Hall–Kier alpha value is -3.09. The van der Waals surface area contributed by atoms with E-state index in [0.717, 1.165) is 43.4 Å². The summed E-state index contributed by atoms with van der Waals surface area (Å²) in [7, 11) is 0. The van der Waals surface area contributed by atoms with Crippen molar-refractivity contribution in [1.29, 1.82) is 0 Å². The minimum absolute atomic E-state index is 0.448. The lowest BCUT2D eigenvalue weighted by molar-refractivity contribution is 0.491. The SMILES string of the molecule is c1cnc(N2CCC(c3cccc(Nc4cnccn4)n3)CC2)nc1. The van der Waals surface area contributed by atoms with E-state index in [-0.39, 0.29) is 0 Å². The maximum Gasteiger partial charge on any atom is 0.225 e. The van der Waals surface area contributed by atoms with E-state index in [1.54, 1.807) is 31.0 Å². The fraction of sp³-hybridized carbons (Fsp3) is 0.278. The normalized spacial score (nSPS) is 15.1. The van der Waals surface area contributed by atoms with Crippen LogP contribution in [-0.2, 0) is 0 Å². The van der Waals surface area contributed by atoms with Crippen molar-refractivity contribution in [3.8, 4) is 0 Å². The highest BCUT2D eigenvalue weighted by molar-refractivity contribution is 5.50. The zero-order valence-electron chi connectivity index (χ0n) is 13.8. The quantitative estimate of drug-likeness (QED) is 0.786. The predicted molar refractivity (Wildman–Crippen MR) is 95.8 cm³/mol. The molecule has 126 valence electrons. The van der Waals surface area contributed by atoms with Crippen LogP contribution in [0, 0.1) is 0 Å². The molecule has 7 heteroatoms. The van der Waals surface area contributed by atoms with Gasteiger partial charge in [0.15, 0.2) is 0 Å². The molecular weight excluding hydrogens is 314 g/mol. The van der Waals surface area contributed by atoms with Crippen LogP contribution in [0.15, 0.2) is 55.2 Å². The highest BCUT2D eigenvalue weighted by Crippen LogP contribution is 2.29. The van der Waals surface area contributed by atoms with Crippen molar-refractivity contribution in [2.45, 2.75) is 18.8 Å². The van der Waals surface area contributed by atoms with Crippen LogP contribution in [0.4, 0.5) is 17.6 Å². The zero-order valence-corrected chi connectivity index (χ0v) is 13.8. The van der Waals surface area contributed by atoms with E-state index < -0.39 is 0 Å². The number of anilines is 3. The molecule has 7 nitrogen and oxygen atoms in total. The summed E-state index contributed by atoms with van der Waals surface area (Å²) in [6, 6.07) is 7.93. The number of nitrogens with zero attached hydrogens (tertiary/aromatic N) is 6. The maximum atomic E-state index is 4.76. The predicted octanol–water partition coefficient (Wildman–Crippen LogP) is 2.79. The molecule has 0 amide bonds. The molecule has 3 aromatic rings. The first-order valence-corrected chi connectivity index (χ1v) is 8.40. The summed E-state index contributed by atoms with van der Waals surface area (Å²) in [6.07, 6.45) is 10.7. The van der Waals surface area contributed by atoms with Gasteiger partial charge in [0, 0.05) is 49.5 Å². The number of nitrogens with one attached hydrogen (secondary N) is 1. The smallest absolute Gasteiger partial charge is 0.225 e. The van der Waals surface area contributed by atoms with Crippen molar-refractivity contribution < 1.29 is 0 Å². The van der Waals surface area contributed by atoms with Gasteiger partial charge in [0.1, 0.15) is 11.6 Å². The van der Waals surface area contributed by atoms with Crippen LogP contribution in [-0.4, -0.2) is 38.0 Å². The van der Waals surface area contributed by atoms with Gasteiger partial charge in [-0.1, -0.05) is 6.07 Å². The van der Waals surface area contributed by atoms with Crippen molar-refractivity contribution in [1.82, 2.24) is 24.9 Å². The molecule has 4 rings (SSSR count). The zero-order chi connectivity index (χ0) is 16.9. The van der Waals surface area contributed by atoms with E-state index in [1.165, 1.54) is 0 Å². The standard InChI is InChI=1S/C18H19N7/c1-3-15(23-16(4-1)24-17-13-19-9-10-20-17)14-5-11-25(12-6-14)18-21-7-2-8-22-18/h1-4,7-10,13-14H,5-6,11-12H2,(H,20,23,24). The molecule has 0 atom stereocenters. The third kappa shape index (κ3) is 3.71. The van der Waals surface area contributed by atoms with Crippen molar-refractivity contribution in [2.24, 2.45) is 0 Å². The molecule has 0 bridgehead atoms. The van der Waals surface area contributed by atoms with Crippen molar-refractivity contribution >= 4 is 17.6 Å². The van der Waals surface area contributed by atoms with Gasteiger partial charge < -0.3 is 10.2 Å². The van der Waals surface area contributed by atoms with Crippen LogP contribution in [0.25, 0.3) is 0 Å². The average molecular weight is 333 g/mol. The Balaban J connectivity index is 1.42. The minimum atomic E-state index is 0.448. The fourth-order valence-electron chi connectivity index (χ4n) is 3.07. The maximum absolute atomic E-state index is 4.76. The molecule has 0 radical (unpaired) electrons. The first-order valence-electron chi connectivity index (χ1n) is 8.40. The van der Waals surface area contributed by atoms with Gasteiger partial charge in [-0.05, 0) is 31.0 Å². The molecule has 0 saturated carbocycles. The van der Waals surface area contributed by atoms with Gasteiger partial charge in [-0.3, -0.25) is 4.98 Å². The van der Waals surface area contributed by atoms with Gasteiger partial charge in [0.25, 0.3) is 0 Å². The Morgan fingerprint density at radius 3 is 2.48 bits per heavy atom. The fourth-order valence-corrected chi connectivity index (χ4v) is 3.07. The van der Waals surface area contributed by atoms with E-state index in [4.69, 9.17) is 4.98 Å². The second kappa shape index (κ2) is 7.21. The first-order chi connectivity index (χ1) is 12.4. The van der Waals surface area contributed by atoms with Crippen molar-refractivity contribution in [2.75, 3.05) is 23.3 Å². The Bertz CT molecular complexity index is 802. The molecule has 3 aromatic heterocycles. The number of hydrogen-bond acceptors (Lipinski definition) is 7. The van der Waals surface area contributed by atoms with Gasteiger partial charge in [0.05, 0.1) is 6.20 Å². The number of pyridine rings is 1. The number of rotatable bonds is 4. The highest BCUT2D eigenvalue weighted by Gasteiger charge is 2.23. The molecule has 4 heterocycles. The Labute approximate surface area is 146 Å². The molecule has 1 fully saturated rings. The first kappa shape index (κ1) is 15.4. The highest BCUT2D eigenvalue weighted by atomic mass is 15.2. The molecule has 1 N–H and O–H groups in total. The lowest BCUT2D eigenvalue weighted by Gasteiger charge is -2.31. The van der Waals surface area contributed by atoms with Crippen LogP contribution in [0.1, 0.15) is 24.5 Å². The van der Waals surface area contributed by atoms with E-state index in [1.807, 2.05) is 18.2 Å². The summed E-state index contributed by atoms with van der Waals surface area (Å²) in [5.74, 6) is 2.76. The van der Waals surface area contributed by atoms with E-state index in [0.29, 0.717) is 11.7 Å². The summed E-state index contributed by atoms with van der Waals surface area (Å²) in [6.45, 7) is 1.89. The van der Waals surface area contributed by atoms with Crippen LogP contribution in [0.3, 0.4) is 0 Å². The molecular formula is C18H19N7. The van der Waals surface area contributed by atoms with Gasteiger partial charge in [-0.2, -0.15) is 0 Å². The lowest BCUT2D eigenvalue weighted by Crippen LogP contribution is -2.34.